The van der Waals surface area contributed by atoms with Gasteiger partial charge in [0.05, 0.1) is 12.3 Å². The molecule has 2 aromatic carbocycles. The number of halogens is 2. The lowest BCUT2D eigenvalue weighted by Crippen LogP contribution is -2.30. The number of thiocarbonyl (C=S) groups is 1. The van der Waals surface area contributed by atoms with Crippen LogP contribution in [0, 0.1) is 6.92 Å². The molecule has 28 heavy (non-hydrogen) atoms. The van der Waals surface area contributed by atoms with Crippen LogP contribution in [0.3, 0.4) is 0 Å². The Labute approximate surface area is 166 Å². The number of anilines is 1. The molecule has 3 rings (SSSR count). The number of hydrogen-bond donors (Lipinski definition) is 1. The van der Waals surface area contributed by atoms with E-state index in [1.165, 1.54) is 17.0 Å². The van der Waals surface area contributed by atoms with E-state index in [1.54, 1.807) is 25.1 Å². The molecule has 0 radical (unpaired) electrons. The van der Waals surface area contributed by atoms with Crippen molar-refractivity contribution in [2.45, 2.75) is 20.5 Å². The number of nitrogens with one attached hydrogen (secondary N) is 1. The van der Waals surface area contributed by atoms with E-state index in [0.29, 0.717) is 11.3 Å². The smallest absolute Gasteiger partial charge is 0.387 e. The molecule has 146 valence electrons. The van der Waals surface area contributed by atoms with Crippen LogP contribution in [0.1, 0.15) is 18.1 Å². The second-order valence-electron chi connectivity index (χ2n) is 5.99. The Morgan fingerprint density at radius 3 is 2.68 bits per heavy atom. The summed E-state index contributed by atoms with van der Waals surface area (Å²) in [6, 6.07) is 11.9. The number of rotatable bonds is 6. The molecular weight excluding hydrogens is 386 g/mol. The van der Waals surface area contributed by atoms with Gasteiger partial charge in [-0.1, -0.05) is 18.2 Å². The van der Waals surface area contributed by atoms with Gasteiger partial charge in [0.15, 0.2) is 16.6 Å². The third-order valence-corrected chi connectivity index (χ3v) is 4.22. The van der Waals surface area contributed by atoms with Crippen molar-refractivity contribution in [3.05, 3.63) is 59.3 Å². The molecular formula is C20H18F2N2O3S. The molecule has 0 aliphatic carbocycles. The van der Waals surface area contributed by atoms with Crippen molar-refractivity contribution in [1.82, 2.24) is 5.32 Å². The average molecular weight is 404 g/mol. The van der Waals surface area contributed by atoms with Gasteiger partial charge in [-0.15, -0.1) is 0 Å². The van der Waals surface area contributed by atoms with E-state index in [2.05, 4.69) is 10.1 Å². The van der Waals surface area contributed by atoms with Crippen molar-refractivity contribution in [2.75, 3.05) is 11.5 Å². The Balaban J connectivity index is 1.90. The fraction of sp³-hybridized carbons (Fsp3) is 0.200. The predicted molar refractivity (Wildman–Crippen MR) is 107 cm³/mol. The Bertz CT molecular complexity index is 947. The molecule has 1 N–H and O–H groups in total. The van der Waals surface area contributed by atoms with E-state index >= 15 is 0 Å². The first-order chi connectivity index (χ1) is 13.4. The van der Waals surface area contributed by atoms with Gasteiger partial charge in [0.25, 0.3) is 5.91 Å². The van der Waals surface area contributed by atoms with Gasteiger partial charge in [0.2, 0.25) is 0 Å². The second-order valence-corrected chi connectivity index (χ2v) is 6.37. The summed E-state index contributed by atoms with van der Waals surface area (Å²) in [5.74, 6) is -0.205. The van der Waals surface area contributed by atoms with Gasteiger partial charge in [0, 0.05) is 0 Å². The quantitative estimate of drug-likeness (QED) is 0.576. The highest BCUT2D eigenvalue weighted by Crippen LogP contribution is 2.31. The highest BCUT2D eigenvalue weighted by Gasteiger charge is 2.32. The van der Waals surface area contributed by atoms with Gasteiger partial charge in [-0.3, -0.25) is 9.69 Å². The number of nitrogens with zero attached hydrogens (tertiary/aromatic N) is 1. The van der Waals surface area contributed by atoms with Crippen molar-refractivity contribution >= 4 is 35.0 Å². The van der Waals surface area contributed by atoms with Crippen LogP contribution in [0.15, 0.2) is 48.2 Å². The van der Waals surface area contributed by atoms with Crippen molar-refractivity contribution in [3.8, 4) is 11.5 Å². The molecule has 1 saturated heterocycles. The van der Waals surface area contributed by atoms with E-state index in [0.717, 1.165) is 5.56 Å². The van der Waals surface area contributed by atoms with Crippen LogP contribution in [0.2, 0.25) is 0 Å². The number of amides is 1. The van der Waals surface area contributed by atoms with Crippen molar-refractivity contribution in [1.29, 1.82) is 0 Å². The van der Waals surface area contributed by atoms with Crippen LogP contribution in [0.4, 0.5) is 14.5 Å². The summed E-state index contributed by atoms with van der Waals surface area (Å²) in [6.45, 7) is 0.983. The molecule has 1 aliphatic heterocycles. The average Bonchev–Trinajstić information content (AvgIpc) is 2.90. The Kier molecular flexibility index (Phi) is 5.89. The van der Waals surface area contributed by atoms with Gasteiger partial charge in [-0.25, -0.2) is 0 Å². The van der Waals surface area contributed by atoms with E-state index in [9.17, 15) is 13.6 Å². The summed E-state index contributed by atoms with van der Waals surface area (Å²) < 4.78 is 34.9. The number of hydrogen-bond acceptors (Lipinski definition) is 4. The van der Waals surface area contributed by atoms with Gasteiger partial charge in [0.1, 0.15) is 5.70 Å². The van der Waals surface area contributed by atoms with Gasteiger partial charge >= 0.3 is 6.61 Å². The van der Waals surface area contributed by atoms with Gasteiger partial charge in [-0.05, 0) is 67.5 Å². The van der Waals surface area contributed by atoms with Gasteiger partial charge < -0.3 is 14.8 Å². The van der Waals surface area contributed by atoms with Crippen LogP contribution in [0.25, 0.3) is 6.08 Å². The summed E-state index contributed by atoms with van der Waals surface area (Å²) in [5, 5.41) is 3.16. The summed E-state index contributed by atoms with van der Waals surface area (Å²) in [5.41, 5.74) is 2.52. The van der Waals surface area contributed by atoms with Crippen molar-refractivity contribution < 1.29 is 23.0 Å². The molecule has 0 spiro atoms. The van der Waals surface area contributed by atoms with Gasteiger partial charge in [-0.2, -0.15) is 8.78 Å². The number of ether oxygens (including phenoxy) is 2. The SMILES string of the molecule is CCOc1cc(/C=C2/NC(=S)N(c3cccc(C)c3)C2=O)ccc1OC(F)F. The Hall–Kier alpha value is -3.00. The first kappa shape index (κ1) is 19.8. The monoisotopic (exact) mass is 404 g/mol. The number of carbonyl (C=O) groups is 1. The van der Waals surface area contributed by atoms with Crippen LogP contribution < -0.4 is 19.7 Å². The van der Waals surface area contributed by atoms with E-state index in [-0.39, 0.29) is 34.8 Å². The van der Waals surface area contributed by atoms with Crippen LogP contribution in [0.5, 0.6) is 11.5 Å². The normalized spacial score (nSPS) is 15.3. The third-order valence-electron chi connectivity index (χ3n) is 3.93. The number of carbonyl (C=O) groups excluding carboxylic acids is 1. The van der Waals surface area contributed by atoms with E-state index in [4.69, 9.17) is 17.0 Å². The zero-order chi connectivity index (χ0) is 20.3. The Morgan fingerprint density at radius 2 is 2.00 bits per heavy atom. The molecule has 1 heterocycles. The maximum absolute atomic E-state index is 12.8. The summed E-state index contributed by atoms with van der Waals surface area (Å²) in [6.07, 6.45) is 1.58. The number of benzene rings is 2. The molecule has 2 aromatic rings. The minimum Gasteiger partial charge on any atom is -0.490 e. The number of alkyl halides is 2. The summed E-state index contributed by atoms with van der Waals surface area (Å²) >= 11 is 5.30. The standard InChI is InChI=1S/C20H18F2N2O3S/c1-3-26-17-11-13(7-8-16(17)27-19(21)22)10-15-18(25)24(20(28)23-15)14-6-4-5-12(2)9-14/h4-11,19H,3H2,1-2H3,(H,23,28)/b15-10+. The largest absolute Gasteiger partial charge is 0.490 e. The van der Waals surface area contributed by atoms with Crippen LogP contribution in [-0.4, -0.2) is 24.2 Å². The zero-order valence-corrected chi connectivity index (χ0v) is 16.1. The molecule has 0 aromatic heterocycles. The highest BCUT2D eigenvalue weighted by atomic mass is 32.1. The van der Waals surface area contributed by atoms with E-state index in [1.807, 2.05) is 25.1 Å². The fourth-order valence-electron chi connectivity index (χ4n) is 2.78. The molecule has 1 aliphatic rings. The molecule has 0 saturated carbocycles. The minimum absolute atomic E-state index is 0.0679. The first-order valence-electron chi connectivity index (χ1n) is 8.54. The Morgan fingerprint density at radius 1 is 1.21 bits per heavy atom. The van der Waals surface area contributed by atoms with Crippen molar-refractivity contribution in [2.24, 2.45) is 0 Å². The lowest BCUT2D eigenvalue weighted by molar-refractivity contribution is -0.113. The minimum atomic E-state index is -2.96. The topological polar surface area (TPSA) is 50.8 Å². The highest BCUT2D eigenvalue weighted by molar-refractivity contribution is 7.80. The molecule has 0 bridgehead atoms. The fourth-order valence-corrected chi connectivity index (χ4v) is 3.08. The lowest BCUT2D eigenvalue weighted by atomic mass is 10.1. The molecule has 5 nitrogen and oxygen atoms in total. The van der Waals surface area contributed by atoms with Crippen LogP contribution >= 0.6 is 12.2 Å². The first-order valence-corrected chi connectivity index (χ1v) is 8.95. The maximum atomic E-state index is 12.8. The summed E-state index contributed by atoms with van der Waals surface area (Å²) in [4.78, 5) is 14.2. The second kappa shape index (κ2) is 8.35. The molecule has 0 atom stereocenters. The maximum Gasteiger partial charge on any atom is 0.387 e. The molecule has 1 amide bonds. The lowest BCUT2D eigenvalue weighted by Gasteiger charge is -2.14. The summed E-state index contributed by atoms with van der Waals surface area (Å²) in [7, 11) is 0. The molecule has 0 unspecified atom stereocenters. The third kappa shape index (κ3) is 4.28. The van der Waals surface area contributed by atoms with Crippen LogP contribution in [-0.2, 0) is 4.79 Å². The number of aryl methyl sites for hydroxylation is 1. The zero-order valence-electron chi connectivity index (χ0n) is 15.2. The molecule has 8 heteroatoms. The predicted octanol–water partition coefficient (Wildman–Crippen LogP) is 4.26. The van der Waals surface area contributed by atoms with Crippen molar-refractivity contribution in [3.63, 3.8) is 0 Å². The van der Waals surface area contributed by atoms with E-state index < -0.39 is 6.61 Å². The molecule has 1 fully saturated rings.